The van der Waals surface area contributed by atoms with Gasteiger partial charge in [-0.3, -0.25) is 9.78 Å². The Balaban J connectivity index is 1.72. The van der Waals surface area contributed by atoms with Crippen molar-refractivity contribution in [2.24, 2.45) is 0 Å². The predicted octanol–water partition coefficient (Wildman–Crippen LogP) is 3.62. The van der Waals surface area contributed by atoms with Crippen molar-refractivity contribution in [3.63, 3.8) is 0 Å². The van der Waals surface area contributed by atoms with Crippen molar-refractivity contribution in [3.8, 4) is 0 Å². The van der Waals surface area contributed by atoms with Crippen LogP contribution in [0.1, 0.15) is 22.0 Å². The van der Waals surface area contributed by atoms with Gasteiger partial charge in [-0.25, -0.2) is 9.97 Å². The average Bonchev–Trinajstić information content (AvgIpc) is 2.62. The van der Waals surface area contributed by atoms with Crippen LogP contribution in [0.25, 0.3) is 0 Å². The number of carbonyl (C=O) groups excluding carboxylic acids is 1. The van der Waals surface area contributed by atoms with Gasteiger partial charge in [0, 0.05) is 22.4 Å². The van der Waals surface area contributed by atoms with E-state index in [0.717, 1.165) is 15.9 Å². The number of anilines is 2. The Morgan fingerprint density at radius 1 is 1.12 bits per heavy atom. The van der Waals surface area contributed by atoms with Gasteiger partial charge in [0.25, 0.3) is 5.91 Å². The number of amides is 1. The lowest BCUT2D eigenvalue weighted by Crippen LogP contribution is -2.24. The molecule has 126 valence electrons. The van der Waals surface area contributed by atoms with Crippen LogP contribution in [0, 0.1) is 6.92 Å². The quantitative estimate of drug-likeness (QED) is 0.687. The lowest BCUT2D eigenvalue weighted by Gasteiger charge is -2.09. The zero-order chi connectivity index (χ0) is 17.6. The number of carbonyl (C=O) groups is 1. The molecule has 0 radical (unpaired) electrons. The molecule has 0 unspecified atom stereocenters. The summed E-state index contributed by atoms with van der Waals surface area (Å²) < 4.78 is 0.992. The fourth-order valence-electron chi connectivity index (χ4n) is 2.19. The van der Waals surface area contributed by atoms with Gasteiger partial charge in [-0.05, 0) is 43.3 Å². The fourth-order valence-corrected chi connectivity index (χ4v) is 2.46. The summed E-state index contributed by atoms with van der Waals surface area (Å²) in [6, 6.07) is 14.9. The smallest absolute Gasteiger partial charge is 0.270 e. The van der Waals surface area contributed by atoms with Crippen LogP contribution in [0.4, 0.5) is 11.5 Å². The summed E-state index contributed by atoms with van der Waals surface area (Å²) in [5, 5.41) is 5.99. The Kier molecular flexibility index (Phi) is 5.35. The summed E-state index contributed by atoms with van der Waals surface area (Å²) in [5.41, 5.74) is 1.97. The first-order chi connectivity index (χ1) is 12.1. The van der Waals surface area contributed by atoms with Gasteiger partial charge in [-0.2, -0.15) is 0 Å². The van der Waals surface area contributed by atoms with Gasteiger partial charge >= 0.3 is 0 Å². The molecule has 2 N–H and O–H groups in total. The van der Waals surface area contributed by atoms with Crippen molar-refractivity contribution in [2.75, 3.05) is 5.32 Å². The molecule has 3 rings (SSSR count). The standard InChI is InChI=1S/C18H16BrN5O/c1-12-22-16(18(25)21-11-15-4-2-3-9-20-15)10-17(23-12)24-14-7-5-13(19)6-8-14/h2-10H,11H2,1H3,(H,21,25)(H,22,23,24). The van der Waals surface area contributed by atoms with E-state index in [9.17, 15) is 4.79 Å². The number of aryl methyl sites for hydroxylation is 1. The maximum atomic E-state index is 12.4. The van der Waals surface area contributed by atoms with Crippen molar-refractivity contribution >= 4 is 33.3 Å². The molecule has 0 saturated heterocycles. The minimum Gasteiger partial charge on any atom is -0.345 e. The van der Waals surface area contributed by atoms with Gasteiger partial charge in [0.1, 0.15) is 17.3 Å². The number of nitrogens with zero attached hydrogens (tertiary/aromatic N) is 3. The fraction of sp³-hybridized carbons (Fsp3) is 0.111. The second kappa shape index (κ2) is 7.85. The van der Waals surface area contributed by atoms with Crippen molar-refractivity contribution in [1.82, 2.24) is 20.3 Å². The normalized spacial score (nSPS) is 10.3. The summed E-state index contributed by atoms with van der Waals surface area (Å²) in [6.07, 6.45) is 1.69. The number of hydrogen-bond donors (Lipinski definition) is 2. The minimum absolute atomic E-state index is 0.269. The lowest BCUT2D eigenvalue weighted by molar-refractivity contribution is 0.0945. The van der Waals surface area contributed by atoms with Gasteiger partial charge in [0.05, 0.1) is 12.2 Å². The second-order valence-corrected chi connectivity index (χ2v) is 6.24. The van der Waals surface area contributed by atoms with Crippen molar-refractivity contribution in [3.05, 3.63) is 76.4 Å². The third-order valence-electron chi connectivity index (χ3n) is 3.34. The molecule has 2 heterocycles. The number of halogens is 1. The number of benzene rings is 1. The molecule has 2 aromatic heterocycles. The van der Waals surface area contributed by atoms with E-state index in [0.29, 0.717) is 23.9 Å². The van der Waals surface area contributed by atoms with E-state index < -0.39 is 0 Å². The Morgan fingerprint density at radius 2 is 1.92 bits per heavy atom. The SMILES string of the molecule is Cc1nc(Nc2ccc(Br)cc2)cc(C(=O)NCc2ccccn2)n1. The number of pyridine rings is 1. The Labute approximate surface area is 153 Å². The highest BCUT2D eigenvalue weighted by Gasteiger charge is 2.11. The molecule has 0 fully saturated rings. The lowest BCUT2D eigenvalue weighted by atomic mass is 10.3. The zero-order valence-corrected chi connectivity index (χ0v) is 15.1. The van der Waals surface area contributed by atoms with Crippen LogP contribution in [0.3, 0.4) is 0 Å². The van der Waals surface area contributed by atoms with Crippen molar-refractivity contribution in [1.29, 1.82) is 0 Å². The number of aromatic nitrogens is 3. The molecule has 0 aliphatic rings. The largest absolute Gasteiger partial charge is 0.345 e. The molecule has 0 aliphatic heterocycles. The maximum Gasteiger partial charge on any atom is 0.270 e. The molecular formula is C18H16BrN5O. The van der Waals surface area contributed by atoms with Crippen LogP contribution < -0.4 is 10.6 Å². The van der Waals surface area contributed by atoms with Gasteiger partial charge in [-0.1, -0.05) is 22.0 Å². The third-order valence-corrected chi connectivity index (χ3v) is 3.87. The van der Waals surface area contributed by atoms with Gasteiger partial charge in [0.15, 0.2) is 0 Å². The molecule has 0 atom stereocenters. The van der Waals surface area contributed by atoms with Crippen LogP contribution in [-0.2, 0) is 6.54 Å². The molecule has 0 spiro atoms. The predicted molar refractivity (Wildman–Crippen MR) is 99.6 cm³/mol. The molecule has 6 nitrogen and oxygen atoms in total. The first-order valence-corrected chi connectivity index (χ1v) is 8.46. The minimum atomic E-state index is -0.269. The molecular weight excluding hydrogens is 382 g/mol. The van der Waals surface area contributed by atoms with E-state index in [1.54, 1.807) is 19.2 Å². The second-order valence-electron chi connectivity index (χ2n) is 5.32. The van der Waals surface area contributed by atoms with E-state index in [2.05, 4.69) is 41.5 Å². The number of nitrogens with one attached hydrogen (secondary N) is 2. The summed E-state index contributed by atoms with van der Waals surface area (Å²) in [4.78, 5) is 25.1. The summed E-state index contributed by atoms with van der Waals surface area (Å²) in [7, 11) is 0. The summed E-state index contributed by atoms with van der Waals surface area (Å²) in [5.74, 6) is 0.818. The Bertz CT molecular complexity index is 868. The Morgan fingerprint density at radius 3 is 2.64 bits per heavy atom. The highest BCUT2D eigenvalue weighted by molar-refractivity contribution is 9.10. The van der Waals surface area contributed by atoms with Crippen LogP contribution in [0.2, 0.25) is 0 Å². The molecule has 3 aromatic rings. The van der Waals surface area contributed by atoms with E-state index in [1.807, 2.05) is 42.5 Å². The van der Waals surface area contributed by atoms with Crippen LogP contribution in [0.5, 0.6) is 0 Å². The summed E-state index contributed by atoms with van der Waals surface area (Å²) in [6.45, 7) is 2.10. The van der Waals surface area contributed by atoms with Crippen molar-refractivity contribution in [2.45, 2.75) is 13.5 Å². The molecule has 0 saturated carbocycles. The first kappa shape index (κ1) is 17.0. The molecule has 0 bridgehead atoms. The zero-order valence-electron chi connectivity index (χ0n) is 13.5. The van der Waals surface area contributed by atoms with E-state index >= 15 is 0 Å². The molecule has 0 aliphatic carbocycles. The van der Waals surface area contributed by atoms with Crippen LogP contribution >= 0.6 is 15.9 Å². The third kappa shape index (κ3) is 4.84. The van der Waals surface area contributed by atoms with Gasteiger partial charge < -0.3 is 10.6 Å². The first-order valence-electron chi connectivity index (χ1n) is 7.66. The maximum absolute atomic E-state index is 12.4. The molecule has 1 aromatic carbocycles. The highest BCUT2D eigenvalue weighted by atomic mass is 79.9. The van der Waals surface area contributed by atoms with Gasteiger partial charge in [0.2, 0.25) is 0 Å². The molecule has 7 heteroatoms. The van der Waals surface area contributed by atoms with E-state index in [1.165, 1.54) is 0 Å². The average molecular weight is 398 g/mol. The van der Waals surface area contributed by atoms with Gasteiger partial charge in [-0.15, -0.1) is 0 Å². The number of rotatable bonds is 5. The van der Waals surface area contributed by atoms with E-state index in [-0.39, 0.29) is 5.91 Å². The summed E-state index contributed by atoms with van der Waals surface area (Å²) >= 11 is 3.40. The van der Waals surface area contributed by atoms with E-state index in [4.69, 9.17) is 0 Å². The molecule has 25 heavy (non-hydrogen) atoms. The monoisotopic (exact) mass is 397 g/mol. The number of hydrogen-bond acceptors (Lipinski definition) is 5. The van der Waals surface area contributed by atoms with Crippen LogP contribution in [0.15, 0.2) is 59.2 Å². The molecule has 1 amide bonds. The Hall–Kier alpha value is -2.80. The van der Waals surface area contributed by atoms with Crippen LogP contribution in [-0.4, -0.2) is 20.9 Å². The topological polar surface area (TPSA) is 79.8 Å². The van der Waals surface area contributed by atoms with Crippen molar-refractivity contribution < 1.29 is 4.79 Å². The highest BCUT2D eigenvalue weighted by Crippen LogP contribution is 2.18.